The third-order valence-electron chi connectivity index (χ3n) is 5.04. The van der Waals surface area contributed by atoms with E-state index in [-0.39, 0.29) is 0 Å². The number of halogens is 1. The highest BCUT2D eigenvalue weighted by Gasteiger charge is 2.55. The molecule has 19 heavy (non-hydrogen) atoms. The van der Waals surface area contributed by atoms with Gasteiger partial charge in [-0.2, -0.15) is 5.26 Å². The van der Waals surface area contributed by atoms with Crippen molar-refractivity contribution in [3.63, 3.8) is 0 Å². The zero-order valence-corrected chi connectivity index (χ0v) is 12.7. The van der Waals surface area contributed by atoms with Gasteiger partial charge in [-0.25, -0.2) is 0 Å². The van der Waals surface area contributed by atoms with Crippen LogP contribution in [0.3, 0.4) is 0 Å². The molecule has 0 saturated heterocycles. The molecule has 4 unspecified atom stereocenters. The second-order valence-electron chi connectivity index (χ2n) is 6.16. The molecule has 0 heterocycles. The van der Waals surface area contributed by atoms with Gasteiger partial charge in [0.25, 0.3) is 0 Å². The number of aliphatic hydroxyl groups is 1. The normalized spacial score (nSPS) is 34.2. The van der Waals surface area contributed by atoms with Crippen LogP contribution in [0.4, 0.5) is 0 Å². The van der Waals surface area contributed by atoms with Gasteiger partial charge in [-0.05, 0) is 55.2 Å². The summed E-state index contributed by atoms with van der Waals surface area (Å²) in [4.78, 5) is 0. The molecule has 3 heteroatoms. The van der Waals surface area contributed by atoms with Gasteiger partial charge in [0.15, 0.2) is 0 Å². The fourth-order valence-corrected chi connectivity index (χ4v) is 4.75. The van der Waals surface area contributed by atoms with E-state index in [1.165, 1.54) is 6.42 Å². The summed E-state index contributed by atoms with van der Waals surface area (Å²) in [5.74, 6) is 1.01. The summed E-state index contributed by atoms with van der Waals surface area (Å²) in [6.45, 7) is 2.03. The topological polar surface area (TPSA) is 44.0 Å². The van der Waals surface area contributed by atoms with Gasteiger partial charge in [-0.3, -0.25) is 0 Å². The average Bonchev–Trinajstić information content (AvgIpc) is 2.98. The number of hydrogen-bond donors (Lipinski definition) is 1. The maximum atomic E-state index is 10.8. The highest BCUT2D eigenvalue weighted by atomic mass is 79.9. The van der Waals surface area contributed by atoms with Gasteiger partial charge in [0, 0.05) is 4.47 Å². The van der Waals surface area contributed by atoms with Gasteiger partial charge in [0.2, 0.25) is 0 Å². The summed E-state index contributed by atoms with van der Waals surface area (Å²) in [7, 11) is 0. The van der Waals surface area contributed by atoms with Crippen molar-refractivity contribution < 1.29 is 5.11 Å². The van der Waals surface area contributed by atoms with Crippen LogP contribution < -0.4 is 0 Å². The Balaban J connectivity index is 1.99. The molecule has 2 bridgehead atoms. The maximum absolute atomic E-state index is 10.8. The van der Waals surface area contributed by atoms with Gasteiger partial charge in [0.1, 0.15) is 0 Å². The number of nitriles is 1. The molecule has 2 aliphatic rings. The Morgan fingerprint density at radius 1 is 1.47 bits per heavy atom. The Kier molecular flexibility index (Phi) is 3.19. The van der Waals surface area contributed by atoms with E-state index in [2.05, 4.69) is 22.0 Å². The first-order valence-electron chi connectivity index (χ1n) is 6.92. The van der Waals surface area contributed by atoms with E-state index < -0.39 is 11.5 Å². The molecule has 0 amide bonds. The van der Waals surface area contributed by atoms with Crippen molar-refractivity contribution in [1.82, 2.24) is 0 Å². The molecule has 0 aromatic heterocycles. The lowest BCUT2D eigenvalue weighted by Gasteiger charge is -2.36. The molecule has 100 valence electrons. The lowest BCUT2D eigenvalue weighted by Crippen LogP contribution is -2.33. The maximum Gasteiger partial charge on any atom is 0.0990 e. The molecule has 1 aromatic carbocycles. The van der Waals surface area contributed by atoms with E-state index in [1.807, 2.05) is 25.1 Å². The largest absolute Gasteiger partial charge is 0.387 e. The molecule has 2 fully saturated rings. The van der Waals surface area contributed by atoms with E-state index in [0.29, 0.717) is 11.8 Å². The Bertz CT molecular complexity index is 550. The van der Waals surface area contributed by atoms with Crippen molar-refractivity contribution in [2.24, 2.45) is 17.3 Å². The summed E-state index contributed by atoms with van der Waals surface area (Å²) in [6.07, 6.45) is 3.63. The third-order valence-corrected chi connectivity index (χ3v) is 5.73. The molecule has 1 aromatic rings. The Morgan fingerprint density at radius 3 is 2.79 bits per heavy atom. The molecule has 1 N–H and O–H groups in total. The Morgan fingerprint density at radius 2 is 2.26 bits per heavy atom. The smallest absolute Gasteiger partial charge is 0.0990 e. The molecule has 4 atom stereocenters. The number of nitrogens with zero attached hydrogens (tertiary/aromatic N) is 1. The summed E-state index contributed by atoms with van der Waals surface area (Å²) < 4.78 is 0.914. The van der Waals surface area contributed by atoms with Gasteiger partial charge < -0.3 is 5.11 Å². The number of aliphatic hydroxyl groups excluding tert-OH is 1. The molecule has 2 saturated carbocycles. The lowest BCUT2D eigenvalue weighted by molar-refractivity contribution is 0.0228. The Hall–Kier alpha value is -0.850. The minimum absolute atomic E-state index is 0.366. The van der Waals surface area contributed by atoms with Gasteiger partial charge in [-0.1, -0.05) is 34.5 Å². The second kappa shape index (κ2) is 4.61. The first kappa shape index (κ1) is 13.1. The van der Waals surface area contributed by atoms with E-state index in [1.54, 1.807) is 0 Å². The molecule has 0 aliphatic heterocycles. The van der Waals surface area contributed by atoms with Crippen molar-refractivity contribution in [2.45, 2.75) is 38.7 Å². The first-order valence-corrected chi connectivity index (χ1v) is 7.71. The molecular formula is C16H18BrNO. The highest BCUT2D eigenvalue weighted by molar-refractivity contribution is 9.10. The van der Waals surface area contributed by atoms with Crippen LogP contribution in [0.1, 0.15) is 42.9 Å². The van der Waals surface area contributed by atoms with Crippen LogP contribution in [0, 0.1) is 35.5 Å². The number of hydrogen-bond acceptors (Lipinski definition) is 2. The Labute approximate surface area is 122 Å². The van der Waals surface area contributed by atoms with Crippen LogP contribution in [0.2, 0.25) is 0 Å². The third kappa shape index (κ3) is 1.93. The van der Waals surface area contributed by atoms with E-state index in [0.717, 1.165) is 34.9 Å². The zero-order valence-electron chi connectivity index (χ0n) is 11.1. The van der Waals surface area contributed by atoms with Crippen molar-refractivity contribution in [3.8, 4) is 6.07 Å². The van der Waals surface area contributed by atoms with Crippen LogP contribution in [-0.4, -0.2) is 5.11 Å². The van der Waals surface area contributed by atoms with Gasteiger partial charge >= 0.3 is 0 Å². The molecule has 0 radical (unpaired) electrons. The van der Waals surface area contributed by atoms with Crippen LogP contribution in [0.25, 0.3) is 0 Å². The second-order valence-corrected chi connectivity index (χ2v) is 7.01. The fourth-order valence-electron chi connectivity index (χ4n) is 4.04. The van der Waals surface area contributed by atoms with Crippen molar-refractivity contribution in [3.05, 3.63) is 33.8 Å². The standard InChI is InChI=1S/C16H18BrNO/c1-10-2-5-13(14(17)6-10)15(19)16(9-18)8-11-3-4-12(16)7-11/h2,5-6,11-12,15,19H,3-4,7-8H2,1H3. The molecule has 3 rings (SSSR count). The monoisotopic (exact) mass is 319 g/mol. The summed E-state index contributed by atoms with van der Waals surface area (Å²) in [5.41, 5.74) is 1.45. The minimum atomic E-state index is -0.678. The first-order chi connectivity index (χ1) is 9.06. The fraction of sp³-hybridized carbons (Fsp3) is 0.562. The zero-order chi connectivity index (χ0) is 13.6. The summed E-state index contributed by atoms with van der Waals surface area (Å²) >= 11 is 3.53. The number of fused-ring (bicyclic) bond motifs is 2. The molecular weight excluding hydrogens is 302 g/mol. The van der Waals surface area contributed by atoms with Crippen LogP contribution in [0.5, 0.6) is 0 Å². The SMILES string of the molecule is Cc1ccc(C(O)C2(C#N)CC3CCC2C3)c(Br)c1. The lowest BCUT2D eigenvalue weighted by atomic mass is 9.68. The predicted octanol–water partition coefficient (Wildman–Crippen LogP) is 4.12. The van der Waals surface area contributed by atoms with Crippen molar-refractivity contribution in [1.29, 1.82) is 5.26 Å². The highest BCUT2D eigenvalue weighted by Crippen LogP contribution is 2.61. The summed E-state index contributed by atoms with van der Waals surface area (Å²) in [5, 5.41) is 20.5. The van der Waals surface area contributed by atoms with E-state index >= 15 is 0 Å². The van der Waals surface area contributed by atoms with E-state index in [4.69, 9.17) is 0 Å². The predicted molar refractivity (Wildman–Crippen MR) is 77.3 cm³/mol. The average molecular weight is 320 g/mol. The molecule has 2 aliphatic carbocycles. The van der Waals surface area contributed by atoms with Gasteiger partial charge in [-0.15, -0.1) is 0 Å². The van der Waals surface area contributed by atoms with Crippen LogP contribution >= 0.6 is 15.9 Å². The van der Waals surface area contributed by atoms with Gasteiger partial charge in [0.05, 0.1) is 17.6 Å². The van der Waals surface area contributed by atoms with Crippen molar-refractivity contribution in [2.75, 3.05) is 0 Å². The minimum Gasteiger partial charge on any atom is -0.387 e. The molecule has 0 spiro atoms. The molecule has 2 nitrogen and oxygen atoms in total. The van der Waals surface area contributed by atoms with E-state index in [9.17, 15) is 10.4 Å². The van der Waals surface area contributed by atoms with Crippen molar-refractivity contribution >= 4 is 15.9 Å². The summed E-state index contributed by atoms with van der Waals surface area (Å²) in [6, 6.07) is 8.44. The number of rotatable bonds is 2. The number of benzene rings is 1. The number of aryl methyl sites for hydroxylation is 1. The van der Waals surface area contributed by atoms with Crippen LogP contribution in [0.15, 0.2) is 22.7 Å². The van der Waals surface area contributed by atoms with Crippen LogP contribution in [-0.2, 0) is 0 Å². The quantitative estimate of drug-likeness (QED) is 0.891.